The number of hydrogen-bond acceptors (Lipinski definition) is 2. The highest BCUT2D eigenvalue weighted by atomic mass is 15.1. The van der Waals surface area contributed by atoms with Crippen LogP contribution < -0.4 is 5.32 Å². The predicted molar refractivity (Wildman–Crippen MR) is 76.0 cm³/mol. The molecule has 0 amide bonds. The molecular weight excluding hydrogens is 220 g/mol. The van der Waals surface area contributed by atoms with Crippen LogP contribution in [0.3, 0.4) is 0 Å². The van der Waals surface area contributed by atoms with Crippen molar-refractivity contribution < 1.29 is 0 Å². The molecule has 2 saturated heterocycles. The fourth-order valence-electron chi connectivity index (χ4n) is 3.40. The average molecular weight is 244 g/mol. The highest BCUT2D eigenvalue weighted by molar-refractivity contribution is 5.28. The van der Waals surface area contributed by atoms with Crippen molar-refractivity contribution in [2.45, 2.75) is 37.6 Å². The molecule has 1 aromatic rings. The molecular formula is C16H24N2. The summed E-state index contributed by atoms with van der Waals surface area (Å²) in [7, 11) is 2.23. The Morgan fingerprint density at radius 1 is 1.33 bits per heavy atom. The van der Waals surface area contributed by atoms with Crippen LogP contribution in [0.5, 0.6) is 0 Å². The lowest BCUT2D eigenvalue weighted by molar-refractivity contribution is 0.411. The fourth-order valence-corrected chi connectivity index (χ4v) is 3.40. The lowest BCUT2D eigenvalue weighted by atomic mass is 9.94. The standard InChI is InChI=1S/C16H24N2/c1-18-9-7-15(12-18)14-5-2-4-13(10-14)11-16-6-3-8-17-16/h2,4-5,10,15-17H,3,6-9,11-12H2,1H3. The van der Waals surface area contributed by atoms with Crippen LogP contribution in [0.15, 0.2) is 24.3 Å². The largest absolute Gasteiger partial charge is 0.314 e. The number of benzene rings is 1. The summed E-state index contributed by atoms with van der Waals surface area (Å²) in [5.74, 6) is 0.756. The van der Waals surface area contributed by atoms with E-state index < -0.39 is 0 Å². The Kier molecular flexibility index (Phi) is 3.67. The molecule has 2 aliphatic heterocycles. The summed E-state index contributed by atoms with van der Waals surface area (Å²) in [6.45, 7) is 3.68. The number of likely N-dealkylation sites (N-methyl/N-ethyl adjacent to an activating group) is 1. The van der Waals surface area contributed by atoms with E-state index >= 15 is 0 Å². The quantitative estimate of drug-likeness (QED) is 0.878. The van der Waals surface area contributed by atoms with Crippen LogP contribution in [0.1, 0.15) is 36.3 Å². The van der Waals surface area contributed by atoms with Crippen LogP contribution in [-0.4, -0.2) is 37.6 Å². The van der Waals surface area contributed by atoms with Gasteiger partial charge in [0.2, 0.25) is 0 Å². The van der Waals surface area contributed by atoms with Gasteiger partial charge in [-0.15, -0.1) is 0 Å². The van der Waals surface area contributed by atoms with Crippen molar-refractivity contribution in [3.05, 3.63) is 35.4 Å². The van der Waals surface area contributed by atoms with Gasteiger partial charge < -0.3 is 10.2 Å². The van der Waals surface area contributed by atoms with Crippen molar-refractivity contribution in [1.82, 2.24) is 10.2 Å². The van der Waals surface area contributed by atoms with Crippen molar-refractivity contribution in [3.63, 3.8) is 0 Å². The Morgan fingerprint density at radius 2 is 2.28 bits per heavy atom. The first-order chi connectivity index (χ1) is 8.81. The molecule has 2 aliphatic rings. The maximum atomic E-state index is 3.59. The molecule has 0 spiro atoms. The molecule has 0 bridgehead atoms. The third-order valence-electron chi connectivity index (χ3n) is 4.46. The number of likely N-dealkylation sites (tertiary alicyclic amines) is 1. The van der Waals surface area contributed by atoms with Crippen LogP contribution in [0.25, 0.3) is 0 Å². The number of rotatable bonds is 3. The van der Waals surface area contributed by atoms with Crippen LogP contribution >= 0.6 is 0 Å². The van der Waals surface area contributed by atoms with Crippen LogP contribution in [0.2, 0.25) is 0 Å². The second kappa shape index (κ2) is 5.41. The summed E-state index contributed by atoms with van der Waals surface area (Å²) in [5.41, 5.74) is 3.07. The Morgan fingerprint density at radius 3 is 3.00 bits per heavy atom. The molecule has 98 valence electrons. The van der Waals surface area contributed by atoms with Gasteiger partial charge in [0.05, 0.1) is 0 Å². The molecule has 2 unspecified atom stereocenters. The Bertz CT molecular complexity index is 396. The molecule has 1 N–H and O–H groups in total. The van der Waals surface area contributed by atoms with E-state index in [1.807, 2.05) is 0 Å². The van der Waals surface area contributed by atoms with E-state index in [1.54, 1.807) is 5.56 Å². The van der Waals surface area contributed by atoms with Crippen molar-refractivity contribution >= 4 is 0 Å². The van der Waals surface area contributed by atoms with E-state index in [-0.39, 0.29) is 0 Å². The van der Waals surface area contributed by atoms with Crippen LogP contribution in [0.4, 0.5) is 0 Å². The van der Waals surface area contributed by atoms with Gasteiger partial charge in [0.1, 0.15) is 0 Å². The van der Waals surface area contributed by atoms with Crippen LogP contribution in [-0.2, 0) is 6.42 Å². The molecule has 2 atom stereocenters. The Hall–Kier alpha value is -0.860. The number of nitrogens with zero attached hydrogens (tertiary/aromatic N) is 1. The Labute approximate surface area is 110 Å². The lowest BCUT2D eigenvalue weighted by Gasteiger charge is -2.14. The third-order valence-corrected chi connectivity index (χ3v) is 4.46. The van der Waals surface area contributed by atoms with Gasteiger partial charge in [-0.3, -0.25) is 0 Å². The summed E-state index contributed by atoms with van der Waals surface area (Å²) < 4.78 is 0. The third kappa shape index (κ3) is 2.76. The molecule has 0 aromatic heterocycles. The normalized spacial score (nSPS) is 28.9. The highest BCUT2D eigenvalue weighted by Crippen LogP contribution is 2.27. The van der Waals surface area contributed by atoms with Crippen molar-refractivity contribution in [1.29, 1.82) is 0 Å². The first-order valence-electron chi connectivity index (χ1n) is 7.32. The van der Waals surface area contributed by atoms with E-state index in [0.29, 0.717) is 6.04 Å². The highest BCUT2D eigenvalue weighted by Gasteiger charge is 2.21. The summed E-state index contributed by atoms with van der Waals surface area (Å²) >= 11 is 0. The summed E-state index contributed by atoms with van der Waals surface area (Å²) in [6.07, 6.45) is 5.21. The fraction of sp³-hybridized carbons (Fsp3) is 0.625. The van der Waals surface area contributed by atoms with Gasteiger partial charge in [-0.2, -0.15) is 0 Å². The minimum absolute atomic E-state index is 0.714. The predicted octanol–water partition coefficient (Wildman–Crippen LogP) is 2.40. The Balaban J connectivity index is 1.68. The molecule has 0 aliphatic carbocycles. The minimum atomic E-state index is 0.714. The minimum Gasteiger partial charge on any atom is -0.314 e. The summed E-state index contributed by atoms with van der Waals surface area (Å²) in [6, 6.07) is 10.0. The monoisotopic (exact) mass is 244 g/mol. The van der Waals surface area contributed by atoms with E-state index in [4.69, 9.17) is 0 Å². The van der Waals surface area contributed by atoms with Crippen LogP contribution in [0, 0.1) is 0 Å². The van der Waals surface area contributed by atoms with E-state index in [9.17, 15) is 0 Å². The molecule has 3 rings (SSSR count). The van der Waals surface area contributed by atoms with Gasteiger partial charge in [0.15, 0.2) is 0 Å². The van der Waals surface area contributed by atoms with E-state index in [1.165, 1.54) is 50.9 Å². The zero-order valence-electron chi connectivity index (χ0n) is 11.4. The SMILES string of the molecule is CN1CCC(c2cccc(CC3CCCN3)c2)C1. The van der Waals surface area contributed by atoms with Gasteiger partial charge in [-0.05, 0) is 62.9 Å². The first-order valence-corrected chi connectivity index (χ1v) is 7.32. The maximum Gasteiger partial charge on any atom is 0.0108 e. The van der Waals surface area contributed by atoms with Gasteiger partial charge in [-0.25, -0.2) is 0 Å². The van der Waals surface area contributed by atoms with Gasteiger partial charge in [-0.1, -0.05) is 24.3 Å². The zero-order chi connectivity index (χ0) is 12.4. The van der Waals surface area contributed by atoms with Crippen molar-refractivity contribution in [2.24, 2.45) is 0 Å². The van der Waals surface area contributed by atoms with E-state index in [2.05, 4.69) is 41.5 Å². The summed E-state index contributed by atoms with van der Waals surface area (Å²) in [4.78, 5) is 2.44. The second-order valence-electron chi connectivity index (χ2n) is 5.99. The second-order valence-corrected chi connectivity index (χ2v) is 5.99. The van der Waals surface area contributed by atoms with E-state index in [0.717, 1.165) is 5.92 Å². The van der Waals surface area contributed by atoms with Gasteiger partial charge >= 0.3 is 0 Å². The molecule has 0 saturated carbocycles. The van der Waals surface area contributed by atoms with Gasteiger partial charge in [0, 0.05) is 12.6 Å². The molecule has 2 heterocycles. The molecule has 1 aromatic carbocycles. The first kappa shape index (κ1) is 12.2. The maximum absolute atomic E-state index is 3.59. The molecule has 2 nitrogen and oxygen atoms in total. The number of nitrogens with one attached hydrogen (secondary N) is 1. The van der Waals surface area contributed by atoms with Crippen molar-refractivity contribution in [3.8, 4) is 0 Å². The van der Waals surface area contributed by atoms with Crippen molar-refractivity contribution in [2.75, 3.05) is 26.7 Å². The van der Waals surface area contributed by atoms with Gasteiger partial charge in [0.25, 0.3) is 0 Å². The summed E-state index contributed by atoms with van der Waals surface area (Å²) in [5, 5.41) is 3.59. The topological polar surface area (TPSA) is 15.3 Å². The average Bonchev–Trinajstić information content (AvgIpc) is 3.01. The lowest BCUT2D eigenvalue weighted by Crippen LogP contribution is -2.23. The molecule has 2 heteroatoms. The molecule has 0 radical (unpaired) electrons. The smallest absolute Gasteiger partial charge is 0.0108 e. The molecule has 18 heavy (non-hydrogen) atoms. The molecule has 2 fully saturated rings. The number of hydrogen-bond donors (Lipinski definition) is 1. The zero-order valence-corrected chi connectivity index (χ0v) is 11.4.